The molecule has 3 aromatic rings. The third kappa shape index (κ3) is 5.10. The SMILES string of the molecule is CCS(=O)(=O)Nc1ncc(Oc2ccc(F)cc2F)c(-c2cc(C(C)C)c(=O)n(C)c2)n1. The van der Waals surface area contributed by atoms with Crippen LogP contribution in [0.4, 0.5) is 14.7 Å². The summed E-state index contributed by atoms with van der Waals surface area (Å²) in [4.78, 5) is 20.7. The van der Waals surface area contributed by atoms with E-state index >= 15 is 0 Å². The lowest BCUT2D eigenvalue weighted by atomic mass is 10.0. The number of hydrogen-bond acceptors (Lipinski definition) is 6. The second kappa shape index (κ2) is 9.03. The molecule has 0 aliphatic carbocycles. The quantitative estimate of drug-likeness (QED) is 0.571. The Morgan fingerprint density at radius 3 is 2.53 bits per heavy atom. The number of rotatable bonds is 7. The molecule has 170 valence electrons. The molecule has 0 saturated heterocycles. The molecule has 0 unspecified atom stereocenters. The zero-order valence-corrected chi connectivity index (χ0v) is 18.7. The number of anilines is 1. The summed E-state index contributed by atoms with van der Waals surface area (Å²) in [5.41, 5.74) is 0.845. The minimum absolute atomic E-state index is 0.0108. The van der Waals surface area contributed by atoms with E-state index in [1.54, 1.807) is 13.1 Å². The second-order valence-corrected chi connectivity index (χ2v) is 9.35. The third-order valence-electron chi connectivity index (χ3n) is 4.60. The van der Waals surface area contributed by atoms with Gasteiger partial charge in [0, 0.05) is 30.4 Å². The monoisotopic (exact) mass is 464 g/mol. The highest BCUT2D eigenvalue weighted by Gasteiger charge is 2.19. The Kier molecular flexibility index (Phi) is 6.58. The van der Waals surface area contributed by atoms with Crippen molar-refractivity contribution in [1.29, 1.82) is 0 Å². The summed E-state index contributed by atoms with van der Waals surface area (Å²) in [6.45, 7) is 5.17. The van der Waals surface area contributed by atoms with E-state index in [4.69, 9.17) is 4.74 Å². The Hall–Kier alpha value is -3.34. The molecule has 0 bridgehead atoms. The van der Waals surface area contributed by atoms with Gasteiger partial charge in [-0.25, -0.2) is 27.2 Å². The number of ether oxygens (including phenoxy) is 1. The first-order valence-corrected chi connectivity index (χ1v) is 11.4. The molecule has 0 amide bonds. The predicted molar refractivity (Wildman–Crippen MR) is 116 cm³/mol. The van der Waals surface area contributed by atoms with Gasteiger partial charge in [-0.05, 0) is 31.0 Å². The van der Waals surface area contributed by atoms with Gasteiger partial charge in [0.1, 0.15) is 11.5 Å². The van der Waals surface area contributed by atoms with E-state index in [2.05, 4.69) is 14.7 Å². The van der Waals surface area contributed by atoms with Gasteiger partial charge in [0.15, 0.2) is 17.3 Å². The summed E-state index contributed by atoms with van der Waals surface area (Å²) >= 11 is 0. The third-order valence-corrected chi connectivity index (χ3v) is 5.86. The van der Waals surface area contributed by atoms with Crippen LogP contribution in [0.1, 0.15) is 32.3 Å². The normalized spacial score (nSPS) is 11.6. The minimum atomic E-state index is -3.66. The van der Waals surface area contributed by atoms with Crippen LogP contribution in [0.15, 0.2) is 41.5 Å². The van der Waals surface area contributed by atoms with Crippen LogP contribution in [-0.2, 0) is 17.1 Å². The van der Waals surface area contributed by atoms with Gasteiger partial charge in [-0.3, -0.25) is 9.52 Å². The highest BCUT2D eigenvalue weighted by molar-refractivity contribution is 7.92. The summed E-state index contributed by atoms with van der Waals surface area (Å²) < 4.78 is 60.6. The van der Waals surface area contributed by atoms with Crippen molar-refractivity contribution in [2.24, 2.45) is 7.05 Å². The summed E-state index contributed by atoms with van der Waals surface area (Å²) in [5.74, 6) is -2.50. The molecule has 0 aliphatic rings. The lowest BCUT2D eigenvalue weighted by molar-refractivity contribution is 0.436. The fourth-order valence-corrected chi connectivity index (χ4v) is 3.39. The average molecular weight is 464 g/mol. The molecule has 0 radical (unpaired) electrons. The number of nitrogens with zero attached hydrogens (tertiary/aromatic N) is 3. The van der Waals surface area contributed by atoms with Gasteiger partial charge >= 0.3 is 0 Å². The van der Waals surface area contributed by atoms with Crippen LogP contribution in [0.2, 0.25) is 0 Å². The summed E-state index contributed by atoms with van der Waals surface area (Å²) in [7, 11) is -2.09. The van der Waals surface area contributed by atoms with Crippen LogP contribution in [0.3, 0.4) is 0 Å². The summed E-state index contributed by atoms with van der Waals surface area (Å²) in [5, 5.41) is 0. The van der Waals surface area contributed by atoms with Gasteiger partial charge in [0.25, 0.3) is 5.56 Å². The molecule has 1 aromatic carbocycles. The van der Waals surface area contributed by atoms with Crippen LogP contribution >= 0.6 is 0 Å². The fraction of sp³-hybridized carbons (Fsp3) is 0.286. The van der Waals surface area contributed by atoms with E-state index in [-0.39, 0.29) is 40.4 Å². The van der Waals surface area contributed by atoms with Crippen LogP contribution in [0.25, 0.3) is 11.3 Å². The van der Waals surface area contributed by atoms with Crippen molar-refractivity contribution in [3.05, 3.63) is 64.2 Å². The number of hydrogen-bond donors (Lipinski definition) is 1. The Labute approximate surface area is 184 Å². The van der Waals surface area contributed by atoms with E-state index in [9.17, 15) is 22.0 Å². The van der Waals surface area contributed by atoms with Gasteiger partial charge in [0.2, 0.25) is 16.0 Å². The van der Waals surface area contributed by atoms with Crippen LogP contribution in [0.5, 0.6) is 11.5 Å². The van der Waals surface area contributed by atoms with Crippen molar-refractivity contribution in [2.45, 2.75) is 26.7 Å². The van der Waals surface area contributed by atoms with E-state index in [0.29, 0.717) is 17.2 Å². The Morgan fingerprint density at radius 2 is 1.91 bits per heavy atom. The number of benzene rings is 1. The molecule has 11 heteroatoms. The van der Waals surface area contributed by atoms with Gasteiger partial charge in [-0.1, -0.05) is 13.8 Å². The number of aryl methyl sites for hydroxylation is 1. The maximum Gasteiger partial charge on any atom is 0.253 e. The highest BCUT2D eigenvalue weighted by Crippen LogP contribution is 2.34. The highest BCUT2D eigenvalue weighted by atomic mass is 32.2. The molecule has 0 spiro atoms. The molecule has 2 aromatic heterocycles. The Bertz CT molecular complexity index is 1320. The van der Waals surface area contributed by atoms with Crippen LogP contribution in [0, 0.1) is 11.6 Å². The van der Waals surface area contributed by atoms with E-state index in [1.165, 1.54) is 23.9 Å². The molecule has 0 aliphatic heterocycles. The maximum absolute atomic E-state index is 14.2. The van der Waals surface area contributed by atoms with Gasteiger partial charge in [-0.2, -0.15) is 0 Å². The molecule has 8 nitrogen and oxygen atoms in total. The molecular formula is C21H22F2N4O4S. The number of aromatic nitrogens is 3. The van der Waals surface area contributed by atoms with E-state index in [0.717, 1.165) is 12.1 Å². The largest absolute Gasteiger partial charge is 0.450 e. The molecule has 3 rings (SSSR count). The van der Waals surface area contributed by atoms with Gasteiger partial charge in [-0.15, -0.1) is 0 Å². The predicted octanol–water partition coefficient (Wildman–Crippen LogP) is 3.80. The average Bonchev–Trinajstić information content (AvgIpc) is 2.72. The fourth-order valence-electron chi connectivity index (χ4n) is 2.87. The summed E-state index contributed by atoms with van der Waals surface area (Å²) in [6.07, 6.45) is 2.68. The van der Waals surface area contributed by atoms with Crippen molar-refractivity contribution in [2.75, 3.05) is 10.5 Å². The number of halogens is 2. The molecule has 1 N–H and O–H groups in total. The molecule has 0 fully saturated rings. The molecule has 32 heavy (non-hydrogen) atoms. The topological polar surface area (TPSA) is 103 Å². The number of nitrogens with one attached hydrogen (secondary N) is 1. The van der Waals surface area contributed by atoms with Gasteiger partial charge in [0.05, 0.1) is 11.9 Å². The van der Waals surface area contributed by atoms with Gasteiger partial charge < -0.3 is 9.30 Å². The first-order chi connectivity index (χ1) is 15.0. The Morgan fingerprint density at radius 1 is 1.19 bits per heavy atom. The number of pyridine rings is 1. The first kappa shape index (κ1) is 23.3. The molecule has 0 atom stereocenters. The Balaban J connectivity index is 2.19. The zero-order valence-electron chi connectivity index (χ0n) is 17.9. The van der Waals surface area contributed by atoms with Crippen molar-refractivity contribution in [3.8, 4) is 22.8 Å². The smallest absolute Gasteiger partial charge is 0.253 e. The summed E-state index contributed by atoms with van der Waals surface area (Å²) in [6, 6.07) is 4.43. The maximum atomic E-state index is 14.2. The lowest BCUT2D eigenvalue weighted by Gasteiger charge is -2.15. The second-order valence-electron chi connectivity index (χ2n) is 7.34. The molecule has 0 saturated carbocycles. The van der Waals surface area contributed by atoms with Crippen molar-refractivity contribution in [3.63, 3.8) is 0 Å². The van der Waals surface area contributed by atoms with Crippen LogP contribution < -0.4 is 15.0 Å². The van der Waals surface area contributed by atoms with E-state index in [1.807, 2.05) is 13.8 Å². The van der Waals surface area contributed by atoms with Crippen molar-refractivity contribution >= 4 is 16.0 Å². The molecule has 2 heterocycles. The molecular weight excluding hydrogens is 442 g/mol. The first-order valence-electron chi connectivity index (χ1n) is 9.72. The van der Waals surface area contributed by atoms with Crippen molar-refractivity contribution < 1.29 is 21.9 Å². The number of sulfonamides is 1. The lowest BCUT2D eigenvalue weighted by Crippen LogP contribution is -2.22. The standard InChI is InChI=1S/C21H22F2N4O4S/c1-5-32(29,30)26-21-24-10-18(31-17-7-6-14(22)9-16(17)23)19(25-21)13-8-15(12(2)3)20(28)27(4)11-13/h6-12H,5H2,1-4H3,(H,24,25,26). The van der Waals surface area contributed by atoms with Crippen molar-refractivity contribution in [1.82, 2.24) is 14.5 Å². The van der Waals surface area contributed by atoms with Crippen LogP contribution in [-0.4, -0.2) is 28.7 Å². The van der Waals surface area contributed by atoms with E-state index < -0.39 is 21.7 Å². The zero-order chi connectivity index (χ0) is 23.6. The minimum Gasteiger partial charge on any atom is -0.450 e.